The van der Waals surface area contributed by atoms with Gasteiger partial charge in [0.2, 0.25) is 0 Å². The zero-order valence-electron chi connectivity index (χ0n) is 17.7. The zero-order valence-corrected chi connectivity index (χ0v) is 17.7. The summed E-state index contributed by atoms with van der Waals surface area (Å²) >= 11 is 0. The molecular weight excluding hydrogens is 413 g/mol. The number of para-hydroxylation sites is 1. The largest absolute Gasteiger partial charge is 0.322 e. The van der Waals surface area contributed by atoms with Gasteiger partial charge in [-0.1, -0.05) is 60.7 Å². The molecule has 0 saturated heterocycles. The van der Waals surface area contributed by atoms with Gasteiger partial charge in [-0.25, -0.2) is 9.07 Å². The molecule has 0 aliphatic rings. The number of hydrogen-bond acceptors (Lipinski definition) is 2. The van der Waals surface area contributed by atoms with Crippen LogP contribution in [0, 0.1) is 5.82 Å². The lowest BCUT2D eigenvalue weighted by Gasteiger charge is -2.08. The Morgan fingerprint density at radius 1 is 0.727 bits per heavy atom. The number of amides is 1. The Bertz CT molecular complexity index is 1390. The van der Waals surface area contributed by atoms with E-state index in [1.165, 1.54) is 12.1 Å². The van der Waals surface area contributed by atoms with Crippen molar-refractivity contribution < 1.29 is 9.18 Å². The minimum absolute atomic E-state index is 0.290. The number of nitrogens with one attached hydrogen (secondary N) is 1. The lowest BCUT2D eigenvalue weighted by molar-refractivity contribution is 0.102. The molecule has 1 heterocycles. The molecule has 0 aliphatic carbocycles. The third kappa shape index (κ3) is 4.43. The van der Waals surface area contributed by atoms with E-state index >= 15 is 0 Å². The summed E-state index contributed by atoms with van der Waals surface area (Å²) in [5.41, 5.74) is 5.12. The van der Waals surface area contributed by atoms with E-state index in [1.54, 1.807) is 23.0 Å². The predicted molar refractivity (Wildman–Crippen MR) is 129 cm³/mol. The molecular formula is C28H20FN3O. The van der Waals surface area contributed by atoms with Crippen LogP contribution in [-0.2, 0) is 0 Å². The van der Waals surface area contributed by atoms with Crippen LogP contribution in [0.3, 0.4) is 0 Å². The second-order valence-corrected chi connectivity index (χ2v) is 7.58. The molecule has 5 aromatic rings. The van der Waals surface area contributed by atoms with E-state index in [-0.39, 0.29) is 11.7 Å². The van der Waals surface area contributed by atoms with E-state index in [0.29, 0.717) is 22.5 Å². The summed E-state index contributed by atoms with van der Waals surface area (Å²) in [4.78, 5) is 13.3. The maximum absolute atomic E-state index is 13.5. The summed E-state index contributed by atoms with van der Waals surface area (Å²) in [6, 6.07) is 33.2. The molecule has 160 valence electrons. The molecule has 4 nitrogen and oxygen atoms in total. The fourth-order valence-corrected chi connectivity index (χ4v) is 3.68. The lowest BCUT2D eigenvalue weighted by Crippen LogP contribution is -2.12. The highest BCUT2D eigenvalue weighted by molar-refractivity contribution is 6.08. The first kappa shape index (κ1) is 20.4. The van der Waals surface area contributed by atoms with Crippen molar-refractivity contribution in [3.63, 3.8) is 0 Å². The van der Waals surface area contributed by atoms with Crippen molar-refractivity contribution in [3.05, 3.63) is 127 Å². The SMILES string of the molecule is O=C(Nc1cccc(-c2ccccc2)c1)c1cn(-c2ccccc2)nc1-c1ccc(F)cc1. The minimum atomic E-state index is -0.343. The Hall–Kier alpha value is -4.51. The van der Waals surface area contributed by atoms with Gasteiger partial charge in [-0.3, -0.25) is 4.79 Å². The number of rotatable bonds is 5. The van der Waals surface area contributed by atoms with Gasteiger partial charge in [0.05, 0.1) is 11.3 Å². The van der Waals surface area contributed by atoms with Crippen molar-refractivity contribution in [1.29, 1.82) is 0 Å². The van der Waals surface area contributed by atoms with Crippen LogP contribution in [0.5, 0.6) is 0 Å². The fraction of sp³-hybridized carbons (Fsp3) is 0. The summed E-state index contributed by atoms with van der Waals surface area (Å²) in [7, 11) is 0. The zero-order chi connectivity index (χ0) is 22.6. The minimum Gasteiger partial charge on any atom is -0.322 e. The molecule has 1 N–H and O–H groups in total. The molecule has 0 atom stereocenters. The van der Waals surface area contributed by atoms with Crippen molar-refractivity contribution >= 4 is 11.6 Å². The predicted octanol–water partition coefficient (Wildman–Crippen LogP) is 6.60. The van der Waals surface area contributed by atoms with Gasteiger partial charge in [0.15, 0.2) is 0 Å². The Balaban J connectivity index is 1.51. The molecule has 4 aromatic carbocycles. The van der Waals surface area contributed by atoms with Gasteiger partial charge in [-0.2, -0.15) is 5.10 Å². The Morgan fingerprint density at radius 2 is 1.39 bits per heavy atom. The van der Waals surface area contributed by atoms with E-state index in [1.807, 2.05) is 84.9 Å². The molecule has 0 aliphatic heterocycles. The van der Waals surface area contributed by atoms with Crippen LogP contribution in [0.2, 0.25) is 0 Å². The number of aromatic nitrogens is 2. The van der Waals surface area contributed by atoms with Crippen LogP contribution in [0.4, 0.5) is 10.1 Å². The van der Waals surface area contributed by atoms with Gasteiger partial charge in [-0.15, -0.1) is 0 Å². The Morgan fingerprint density at radius 3 is 2.12 bits per heavy atom. The highest BCUT2D eigenvalue weighted by atomic mass is 19.1. The van der Waals surface area contributed by atoms with Crippen LogP contribution < -0.4 is 5.32 Å². The molecule has 0 fully saturated rings. The Labute approximate surface area is 191 Å². The second-order valence-electron chi connectivity index (χ2n) is 7.58. The average molecular weight is 433 g/mol. The maximum Gasteiger partial charge on any atom is 0.259 e. The topological polar surface area (TPSA) is 46.9 Å². The van der Waals surface area contributed by atoms with Gasteiger partial charge in [0, 0.05) is 17.4 Å². The van der Waals surface area contributed by atoms with E-state index in [2.05, 4.69) is 10.4 Å². The normalized spacial score (nSPS) is 10.7. The number of halogens is 1. The van der Waals surface area contributed by atoms with E-state index in [4.69, 9.17) is 0 Å². The summed E-state index contributed by atoms with van der Waals surface area (Å²) < 4.78 is 15.2. The molecule has 0 radical (unpaired) electrons. The van der Waals surface area contributed by atoms with Crippen LogP contribution in [-0.4, -0.2) is 15.7 Å². The van der Waals surface area contributed by atoms with E-state index < -0.39 is 0 Å². The van der Waals surface area contributed by atoms with E-state index in [0.717, 1.165) is 16.8 Å². The molecule has 1 aromatic heterocycles. The average Bonchev–Trinajstić information content (AvgIpc) is 3.32. The van der Waals surface area contributed by atoms with Crippen molar-refractivity contribution in [2.45, 2.75) is 0 Å². The molecule has 33 heavy (non-hydrogen) atoms. The monoisotopic (exact) mass is 433 g/mol. The quantitative estimate of drug-likeness (QED) is 0.340. The number of carbonyl (C=O) groups excluding carboxylic acids is 1. The van der Waals surface area contributed by atoms with Gasteiger partial charge in [-0.05, 0) is 59.7 Å². The van der Waals surface area contributed by atoms with Crippen LogP contribution in [0.1, 0.15) is 10.4 Å². The summed E-state index contributed by atoms with van der Waals surface area (Å²) in [6.07, 6.45) is 1.70. The third-order valence-corrected chi connectivity index (χ3v) is 5.32. The molecule has 0 spiro atoms. The smallest absolute Gasteiger partial charge is 0.259 e. The van der Waals surface area contributed by atoms with Crippen molar-refractivity contribution in [2.24, 2.45) is 0 Å². The molecule has 5 heteroatoms. The Kier molecular flexibility index (Phi) is 5.52. The van der Waals surface area contributed by atoms with Gasteiger partial charge < -0.3 is 5.32 Å². The number of carbonyl (C=O) groups is 1. The van der Waals surface area contributed by atoms with Crippen LogP contribution >= 0.6 is 0 Å². The summed E-state index contributed by atoms with van der Waals surface area (Å²) in [6.45, 7) is 0. The first-order valence-corrected chi connectivity index (χ1v) is 10.6. The van der Waals surface area contributed by atoms with Crippen molar-refractivity contribution in [1.82, 2.24) is 9.78 Å². The second kappa shape index (κ2) is 8.93. The number of benzene rings is 4. The van der Waals surface area contributed by atoms with Gasteiger partial charge in [0.25, 0.3) is 5.91 Å². The maximum atomic E-state index is 13.5. The first-order chi connectivity index (χ1) is 16.2. The highest BCUT2D eigenvalue weighted by Gasteiger charge is 2.19. The molecule has 0 unspecified atom stereocenters. The van der Waals surface area contributed by atoms with Crippen LogP contribution in [0.25, 0.3) is 28.1 Å². The molecule has 5 rings (SSSR count). The van der Waals surface area contributed by atoms with Crippen LogP contribution in [0.15, 0.2) is 115 Å². The summed E-state index contributed by atoms with van der Waals surface area (Å²) in [5.74, 6) is -0.633. The standard InChI is InChI=1S/C28H20FN3O/c29-23-16-14-21(15-17-23)27-26(19-32(31-27)25-12-5-2-6-13-25)28(33)30-24-11-7-10-22(18-24)20-8-3-1-4-9-20/h1-19H,(H,30,33). The number of hydrogen-bond donors (Lipinski definition) is 1. The molecule has 0 saturated carbocycles. The fourth-order valence-electron chi connectivity index (χ4n) is 3.68. The van der Waals surface area contributed by atoms with Crippen molar-refractivity contribution in [2.75, 3.05) is 5.32 Å². The molecule has 0 bridgehead atoms. The van der Waals surface area contributed by atoms with Crippen molar-refractivity contribution in [3.8, 4) is 28.1 Å². The number of anilines is 1. The van der Waals surface area contributed by atoms with E-state index in [9.17, 15) is 9.18 Å². The van der Waals surface area contributed by atoms with Gasteiger partial charge >= 0.3 is 0 Å². The summed E-state index contributed by atoms with van der Waals surface area (Å²) in [5, 5.41) is 7.63. The van der Waals surface area contributed by atoms with Gasteiger partial charge in [0.1, 0.15) is 11.5 Å². The first-order valence-electron chi connectivity index (χ1n) is 10.6. The third-order valence-electron chi connectivity index (χ3n) is 5.32. The molecule has 1 amide bonds. The number of nitrogens with zero attached hydrogens (tertiary/aromatic N) is 2. The lowest BCUT2D eigenvalue weighted by atomic mass is 10.0. The highest BCUT2D eigenvalue weighted by Crippen LogP contribution is 2.27.